The van der Waals surface area contributed by atoms with Gasteiger partial charge in [-0.2, -0.15) is 5.10 Å². The number of aryl methyl sites for hydroxylation is 2. The number of hydrogen-bond donors (Lipinski definition) is 2. The van der Waals surface area contributed by atoms with Crippen LogP contribution in [0, 0.1) is 13.8 Å². The molecule has 132 valence electrons. The molecule has 0 unspecified atom stereocenters. The summed E-state index contributed by atoms with van der Waals surface area (Å²) in [5.74, 6) is -0.0892. The van der Waals surface area contributed by atoms with E-state index in [0.29, 0.717) is 15.7 Å². The summed E-state index contributed by atoms with van der Waals surface area (Å²) in [6.07, 6.45) is 1.29. The number of aromatic hydroxyl groups is 1. The molecule has 1 amide bonds. The van der Waals surface area contributed by atoms with Gasteiger partial charge in [-0.3, -0.25) is 4.79 Å². The molecule has 2 rings (SSSR count). The SMILES string of the molecule is COc1cc(Cl)cc(/C=N\NC(=O)CSc2nc(C)cc(C)n2)c1O. The third-order valence-electron chi connectivity index (χ3n) is 2.98. The zero-order chi connectivity index (χ0) is 18.4. The lowest BCUT2D eigenvalue weighted by atomic mass is 10.2. The molecule has 0 bridgehead atoms. The Morgan fingerprint density at radius 1 is 1.36 bits per heavy atom. The van der Waals surface area contributed by atoms with Gasteiger partial charge in [0.05, 0.1) is 19.1 Å². The number of phenolic OH excluding ortho intramolecular Hbond substituents is 1. The average molecular weight is 381 g/mol. The van der Waals surface area contributed by atoms with Crippen LogP contribution in [0.5, 0.6) is 11.5 Å². The van der Waals surface area contributed by atoms with Crippen LogP contribution in [0.3, 0.4) is 0 Å². The molecule has 0 saturated carbocycles. The summed E-state index contributed by atoms with van der Waals surface area (Å²) in [7, 11) is 1.42. The van der Waals surface area contributed by atoms with E-state index < -0.39 is 0 Å². The van der Waals surface area contributed by atoms with Crippen molar-refractivity contribution in [3.8, 4) is 11.5 Å². The van der Waals surface area contributed by atoms with Crippen molar-refractivity contribution in [2.24, 2.45) is 5.10 Å². The molecule has 0 saturated heterocycles. The Morgan fingerprint density at radius 3 is 2.68 bits per heavy atom. The number of rotatable bonds is 6. The molecule has 1 aromatic carbocycles. The number of halogens is 1. The highest BCUT2D eigenvalue weighted by atomic mass is 35.5. The lowest BCUT2D eigenvalue weighted by Gasteiger charge is -2.06. The summed E-state index contributed by atoms with van der Waals surface area (Å²) in [6.45, 7) is 3.74. The van der Waals surface area contributed by atoms with Gasteiger partial charge in [0.1, 0.15) is 0 Å². The minimum Gasteiger partial charge on any atom is -0.504 e. The fourth-order valence-corrected chi connectivity index (χ4v) is 2.90. The first-order valence-corrected chi connectivity index (χ1v) is 8.59. The summed E-state index contributed by atoms with van der Waals surface area (Å²) in [5, 5.41) is 14.7. The number of carbonyl (C=O) groups is 1. The van der Waals surface area contributed by atoms with Gasteiger partial charge in [0.15, 0.2) is 16.7 Å². The van der Waals surface area contributed by atoms with Gasteiger partial charge in [-0.25, -0.2) is 15.4 Å². The molecule has 2 N–H and O–H groups in total. The smallest absolute Gasteiger partial charge is 0.250 e. The van der Waals surface area contributed by atoms with Gasteiger partial charge < -0.3 is 9.84 Å². The van der Waals surface area contributed by atoms with Crippen molar-refractivity contribution < 1.29 is 14.6 Å². The largest absolute Gasteiger partial charge is 0.504 e. The van der Waals surface area contributed by atoms with Crippen LogP contribution >= 0.6 is 23.4 Å². The summed E-state index contributed by atoms with van der Waals surface area (Å²) < 4.78 is 5.00. The van der Waals surface area contributed by atoms with Crippen LogP contribution < -0.4 is 10.2 Å². The number of nitrogens with zero attached hydrogens (tertiary/aromatic N) is 3. The van der Waals surface area contributed by atoms with Crippen LogP contribution in [0.4, 0.5) is 0 Å². The number of methoxy groups -OCH3 is 1. The van der Waals surface area contributed by atoms with Gasteiger partial charge in [-0.15, -0.1) is 0 Å². The molecule has 1 heterocycles. The van der Waals surface area contributed by atoms with Crippen molar-refractivity contribution in [1.82, 2.24) is 15.4 Å². The first kappa shape index (κ1) is 19.0. The maximum atomic E-state index is 11.8. The monoisotopic (exact) mass is 380 g/mol. The molecular weight excluding hydrogens is 364 g/mol. The van der Waals surface area contributed by atoms with Crippen molar-refractivity contribution in [3.05, 3.63) is 40.2 Å². The molecule has 0 radical (unpaired) electrons. The number of ether oxygens (including phenoxy) is 1. The highest BCUT2D eigenvalue weighted by Crippen LogP contribution is 2.32. The Morgan fingerprint density at radius 2 is 2.04 bits per heavy atom. The van der Waals surface area contributed by atoms with Gasteiger partial charge >= 0.3 is 0 Å². The van der Waals surface area contributed by atoms with Gasteiger partial charge in [0.25, 0.3) is 5.91 Å². The quantitative estimate of drug-likeness (QED) is 0.346. The molecule has 0 aliphatic rings. The zero-order valence-corrected chi connectivity index (χ0v) is 15.5. The predicted octanol–water partition coefficient (Wildman–Crippen LogP) is 2.70. The van der Waals surface area contributed by atoms with E-state index in [1.54, 1.807) is 0 Å². The van der Waals surface area contributed by atoms with E-state index >= 15 is 0 Å². The maximum Gasteiger partial charge on any atom is 0.250 e. The highest BCUT2D eigenvalue weighted by molar-refractivity contribution is 7.99. The highest BCUT2D eigenvalue weighted by Gasteiger charge is 2.09. The second-order valence-corrected chi connectivity index (χ2v) is 6.44. The molecule has 1 aromatic heterocycles. The second kappa shape index (κ2) is 8.68. The predicted molar refractivity (Wildman–Crippen MR) is 97.6 cm³/mol. The van der Waals surface area contributed by atoms with Crippen molar-refractivity contribution in [2.75, 3.05) is 12.9 Å². The van der Waals surface area contributed by atoms with E-state index in [2.05, 4.69) is 20.5 Å². The summed E-state index contributed by atoms with van der Waals surface area (Å²) >= 11 is 7.14. The van der Waals surface area contributed by atoms with Crippen LogP contribution in [0.15, 0.2) is 28.5 Å². The van der Waals surface area contributed by atoms with E-state index in [1.165, 1.54) is 37.2 Å². The van der Waals surface area contributed by atoms with Crippen LogP contribution in [-0.2, 0) is 4.79 Å². The number of hydrazone groups is 1. The van der Waals surface area contributed by atoms with E-state index in [9.17, 15) is 9.90 Å². The van der Waals surface area contributed by atoms with Crippen molar-refractivity contribution in [3.63, 3.8) is 0 Å². The van der Waals surface area contributed by atoms with Gasteiger partial charge in [-0.1, -0.05) is 23.4 Å². The summed E-state index contributed by atoms with van der Waals surface area (Å²) in [5.41, 5.74) is 4.39. The fourth-order valence-electron chi connectivity index (χ4n) is 1.94. The fraction of sp³-hybridized carbons (Fsp3) is 0.250. The minimum atomic E-state index is -0.322. The summed E-state index contributed by atoms with van der Waals surface area (Å²) in [6, 6.07) is 4.85. The van der Waals surface area contributed by atoms with Crippen molar-refractivity contribution in [2.45, 2.75) is 19.0 Å². The number of nitrogens with one attached hydrogen (secondary N) is 1. The summed E-state index contributed by atoms with van der Waals surface area (Å²) in [4.78, 5) is 20.3. The van der Waals surface area contributed by atoms with Crippen LogP contribution in [0.1, 0.15) is 17.0 Å². The normalized spacial score (nSPS) is 10.9. The first-order valence-electron chi connectivity index (χ1n) is 7.22. The molecule has 0 aliphatic carbocycles. The topological polar surface area (TPSA) is 96.7 Å². The van der Waals surface area contributed by atoms with E-state index in [0.717, 1.165) is 11.4 Å². The van der Waals surface area contributed by atoms with Crippen LogP contribution in [0.2, 0.25) is 5.02 Å². The third-order valence-corrected chi connectivity index (χ3v) is 4.04. The molecule has 9 heteroatoms. The number of hydrogen-bond acceptors (Lipinski definition) is 7. The van der Waals surface area contributed by atoms with Gasteiger partial charge in [0.2, 0.25) is 0 Å². The number of carbonyl (C=O) groups excluding carboxylic acids is 1. The second-order valence-electron chi connectivity index (χ2n) is 5.06. The Bertz CT molecular complexity index is 794. The number of benzene rings is 1. The lowest BCUT2D eigenvalue weighted by molar-refractivity contribution is -0.118. The number of amides is 1. The average Bonchev–Trinajstić information content (AvgIpc) is 2.55. The van der Waals surface area contributed by atoms with Crippen molar-refractivity contribution in [1.29, 1.82) is 0 Å². The van der Waals surface area contributed by atoms with Crippen LogP contribution in [0.25, 0.3) is 0 Å². The Hall–Kier alpha value is -2.32. The van der Waals surface area contributed by atoms with E-state index in [4.69, 9.17) is 16.3 Å². The first-order chi connectivity index (χ1) is 11.9. The van der Waals surface area contributed by atoms with Gasteiger partial charge in [0, 0.05) is 28.0 Å². The van der Waals surface area contributed by atoms with E-state index in [1.807, 2.05) is 19.9 Å². The number of phenols is 1. The molecule has 0 aliphatic heterocycles. The molecule has 0 spiro atoms. The Balaban J connectivity index is 1.93. The molecular formula is C16H17ClN4O3S. The Kier molecular flexibility index (Phi) is 6.60. The van der Waals surface area contributed by atoms with Crippen LogP contribution in [-0.4, -0.2) is 40.1 Å². The minimum absolute atomic E-state index is 0.108. The number of thioether (sulfide) groups is 1. The maximum absolute atomic E-state index is 11.8. The zero-order valence-electron chi connectivity index (χ0n) is 13.9. The molecule has 2 aromatic rings. The van der Waals surface area contributed by atoms with Crippen molar-refractivity contribution >= 4 is 35.5 Å². The lowest BCUT2D eigenvalue weighted by Crippen LogP contribution is -2.19. The molecule has 25 heavy (non-hydrogen) atoms. The molecule has 0 fully saturated rings. The number of aromatic nitrogens is 2. The van der Waals surface area contributed by atoms with Gasteiger partial charge in [-0.05, 0) is 26.0 Å². The molecule has 7 nitrogen and oxygen atoms in total. The Labute approximate surface area is 154 Å². The third kappa shape index (κ3) is 5.61. The standard InChI is InChI=1S/C16H17ClN4O3S/c1-9-4-10(2)20-16(19-9)25-8-14(22)21-18-7-11-5-12(17)6-13(24-3)15(11)23/h4-7,23H,8H2,1-3H3,(H,21,22)/b18-7-. The van der Waals surface area contributed by atoms with E-state index in [-0.39, 0.29) is 23.2 Å². The molecule has 0 atom stereocenters.